The second-order valence-corrected chi connectivity index (χ2v) is 7.32. The molecule has 0 bridgehead atoms. The molecule has 0 N–H and O–H groups in total. The molecule has 0 atom stereocenters. The van der Waals surface area contributed by atoms with Crippen molar-refractivity contribution >= 4 is 23.4 Å². The number of hydrogen-bond donors (Lipinski definition) is 0. The third kappa shape index (κ3) is 4.86. The van der Waals surface area contributed by atoms with Crippen molar-refractivity contribution in [2.75, 3.05) is 26.2 Å². The summed E-state index contributed by atoms with van der Waals surface area (Å²) in [6.45, 7) is 6.09. The highest BCUT2D eigenvalue weighted by Gasteiger charge is 2.25. The van der Waals surface area contributed by atoms with E-state index in [1.807, 2.05) is 30.9 Å². The number of carbonyl (C=O) groups excluding carboxylic acids is 2. The number of aryl methyl sites for hydroxylation is 1. The molecular weight excluding hydrogens is 368 g/mol. The van der Waals surface area contributed by atoms with Gasteiger partial charge in [-0.15, -0.1) is 0 Å². The summed E-state index contributed by atoms with van der Waals surface area (Å²) < 4.78 is 5.24. The van der Waals surface area contributed by atoms with Gasteiger partial charge in [0.05, 0.1) is 0 Å². The number of hydrogen-bond acceptors (Lipinski definition) is 5. The fraction of sp³-hybridized carbons (Fsp3) is 0.474. The summed E-state index contributed by atoms with van der Waals surface area (Å²) in [6.07, 6.45) is 0.699. The van der Waals surface area contributed by atoms with E-state index in [1.165, 1.54) is 0 Å². The number of nitrogens with zero attached hydrogens (tertiary/aromatic N) is 4. The summed E-state index contributed by atoms with van der Waals surface area (Å²) in [7, 11) is 0. The minimum Gasteiger partial charge on any atom is -0.339 e. The number of carbonyl (C=O) groups is 2. The number of aromatic nitrogens is 2. The van der Waals surface area contributed by atoms with Gasteiger partial charge in [-0.05, 0) is 24.3 Å². The van der Waals surface area contributed by atoms with Crippen LogP contribution in [0.1, 0.15) is 26.2 Å². The van der Waals surface area contributed by atoms with E-state index in [-0.39, 0.29) is 17.7 Å². The predicted octanol–water partition coefficient (Wildman–Crippen LogP) is 2.65. The van der Waals surface area contributed by atoms with Crippen molar-refractivity contribution in [2.45, 2.75) is 26.7 Å². The lowest BCUT2D eigenvalue weighted by molar-refractivity contribution is -0.141. The molecule has 7 nitrogen and oxygen atoms in total. The highest BCUT2D eigenvalue weighted by Crippen LogP contribution is 2.19. The van der Waals surface area contributed by atoms with Crippen LogP contribution >= 0.6 is 11.6 Å². The van der Waals surface area contributed by atoms with Gasteiger partial charge in [0.2, 0.25) is 23.5 Å². The first kappa shape index (κ1) is 19.4. The molecule has 1 fully saturated rings. The van der Waals surface area contributed by atoms with Crippen LogP contribution in [-0.2, 0) is 16.0 Å². The van der Waals surface area contributed by atoms with Crippen LogP contribution in [0.3, 0.4) is 0 Å². The number of halogens is 1. The molecule has 1 aromatic heterocycles. The first-order chi connectivity index (χ1) is 12.9. The topological polar surface area (TPSA) is 79.5 Å². The first-order valence-electron chi connectivity index (χ1n) is 9.09. The van der Waals surface area contributed by atoms with E-state index in [1.54, 1.807) is 17.0 Å². The Kier molecular flexibility index (Phi) is 6.11. The van der Waals surface area contributed by atoms with Crippen LogP contribution in [0.15, 0.2) is 28.8 Å². The molecule has 144 valence electrons. The van der Waals surface area contributed by atoms with Crippen LogP contribution in [0.5, 0.6) is 0 Å². The van der Waals surface area contributed by atoms with E-state index >= 15 is 0 Å². The predicted molar refractivity (Wildman–Crippen MR) is 101 cm³/mol. The number of rotatable bonds is 5. The molecule has 2 heterocycles. The fourth-order valence-corrected chi connectivity index (χ4v) is 3.11. The molecule has 0 saturated carbocycles. The molecule has 2 aromatic rings. The Labute approximate surface area is 163 Å². The molecular formula is C19H23ClN4O3. The molecule has 27 heavy (non-hydrogen) atoms. The van der Waals surface area contributed by atoms with Crippen LogP contribution in [-0.4, -0.2) is 57.9 Å². The van der Waals surface area contributed by atoms with Gasteiger partial charge >= 0.3 is 0 Å². The second-order valence-electron chi connectivity index (χ2n) is 6.88. The monoisotopic (exact) mass is 390 g/mol. The van der Waals surface area contributed by atoms with E-state index in [9.17, 15) is 9.59 Å². The van der Waals surface area contributed by atoms with Gasteiger partial charge in [-0.2, -0.15) is 4.98 Å². The van der Waals surface area contributed by atoms with E-state index in [0.29, 0.717) is 55.8 Å². The highest BCUT2D eigenvalue weighted by atomic mass is 35.5. The Morgan fingerprint density at radius 2 is 1.74 bits per heavy atom. The molecule has 8 heteroatoms. The zero-order valence-electron chi connectivity index (χ0n) is 15.5. The Hall–Kier alpha value is -2.41. The molecule has 0 aliphatic carbocycles. The Morgan fingerprint density at radius 1 is 1.11 bits per heavy atom. The molecule has 1 saturated heterocycles. The van der Waals surface area contributed by atoms with E-state index in [4.69, 9.17) is 16.1 Å². The highest BCUT2D eigenvalue weighted by molar-refractivity contribution is 6.30. The first-order valence-corrected chi connectivity index (χ1v) is 9.47. The van der Waals surface area contributed by atoms with Crippen molar-refractivity contribution in [2.24, 2.45) is 5.92 Å². The quantitative estimate of drug-likeness (QED) is 0.784. The molecule has 2 amide bonds. The van der Waals surface area contributed by atoms with E-state index in [2.05, 4.69) is 10.1 Å². The average Bonchev–Trinajstić information content (AvgIpc) is 3.15. The lowest BCUT2D eigenvalue weighted by atomic mass is 10.1. The van der Waals surface area contributed by atoms with Crippen molar-refractivity contribution < 1.29 is 14.1 Å². The van der Waals surface area contributed by atoms with E-state index in [0.717, 1.165) is 5.56 Å². The minimum atomic E-state index is -0.0142. The fourth-order valence-electron chi connectivity index (χ4n) is 2.99. The summed E-state index contributed by atoms with van der Waals surface area (Å²) in [5.74, 6) is 1.08. The van der Waals surface area contributed by atoms with Crippen molar-refractivity contribution in [1.82, 2.24) is 19.9 Å². The van der Waals surface area contributed by atoms with E-state index < -0.39 is 0 Å². The van der Waals surface area contributed by atoms with Gasteiger partial charge in [-0.3, -0.25) is 9.59 Å². The molecule has 1 aliphatic heterocycles. The lowest BCUT2D eigenvalue weighted by Gasteiger charge is -2.35. The van der Waals surface area contributed by atoms with Gasteiger partial charge in [0.15, 0.2) is 0 Å². The van der Waals surface area contributed by atoms with Crippen molar-refractivity contribution in [1.29, 1.82) is 0 Å². The van der Waals surface area contributed by atoms with Crippen molar-refractivity contribution in [3.8, 4) is 11.4 Å². The minimum absolute atomic E-state index is 0.0142. The average molecular weight is 391 g/mol. The van der Waals surface area contributed by atoms with Gasteiger partial charge < -0.3 is 14.3 Å². The SMILES string of the molecule is CC(C)C(=O)N1CCN(C(=O)CCc2nc(-c3ccc(Cl)cc3)no2)CC1. The molecule has 0 radical (unpaired) electrons. The standard InChI is InChI=1S/C19H23ClN4O3/c1-13(2)19(26)24-11-9-23(10-12-24)17(25)8-7-16-21-18(22-27-16)14-3-5-15(20)6-4-14/h3-6,13H,7-12H2,1-2H3. The molecule has 1 aromatic carbocycles. The lowest BCUT2D eigenvalue weighted by Crippen LogP contribution is -2.51. The summed E-state index contributed by atoms with van der Waals surface area (Å²) >= 11 is 5.88. The van der Waals surface area contributed by atoms with Gasteiger partial charge in [0, 0.05) is 55.5 Å². The van der Waals surface area contributed by atoms with Gasteiger partial charge in [0.25, 0.3) is 0 Å². The maximum atomic E-state index is 12.4. The molecule has 0 unspecified atom stereocenters. The zero-order valence-corrected chi connectivity index (χ0v) is 16.3. The summed E-state index contributed by atoms with van der Waals surface area (Å²) in [5, 5.41) is 4.60. The smallest absolute Gasteiger partial charge is 0.227 e. The Morgan fingerprint density at radius 3 is 2.37 bits per heavy atom. The Bertz CT molecular complexity index is 796. The number of piperazine rings is 1. The largest absolute Gasteiger partial charge is 0.339 e. The zero-order chi connectivity index (χ0) is 19.4. The van der Waals surface area contributed by atoms with Crippen LogP contribution in [0.2, 0.25) is 5.02 Å². The number of benzene rings is 1. The maximum absolute atomic E-state index is 12.4. The van der Waals surface area contributed by atoms with Crippen LogP contribution in [0.25, 0.3) is 11.4 Å². The summed E-state index contributed by atoms with van der Waals surface area (Å²) in [6, 6.07) is 7.17. The molecule has 1 aliphatic rings. The molecule has 0 spiro atoms. The van der Waals surface area contributed by atoms with Crippen LogP contribution in [0, 0.1) is 5.92 Å². The van der Waals surface area contributed by atoms with Gasteiger partial charge in [-0.25, -0.2) is 0 Å². The second kappa shape index (κ2) is 8.52. The summed E-state index contributed by atoms with van der Waals surface area (Å²) in [5.41, 5.74) is 0.812. The van der Waals surface area contributed by atoms with Crippen LogP contribution < -0.4 is 0 Å². The summed E-state index contributed by atoms with van der Waals surface area (Å²) in [4.78, 5) is 32.4. The number of amides is 2. The third-order valence-electron chi connectivity index (χ3n) is 4.56. The van der Waals surface area contributed by atoms with Crippen molar-refractivity contribution in [3.05, 3.63) is 35.2 Å². The van der Waals surface area contributed by atoms with Gasteiger partial charge in [0.1, 0.15) is 0 Å². The van der Waals surface area contributed by atoms with Gasteiger partial charge in [-0.1, -0.05) is 30.6 Å². The molecule has 3 rings (SSSR count). The van der Waals surface area contributed by atoms with Crippen molar-refractivity contribution in [3.63, 3.8) is 0 Å². The third-order valence-corrected chi connectivity index (χ3v) is 4.81. The normalized spacial score (nSPS) is 14.7. The maximum Gasteiger partial charge on any atom is 0.227 e. The van der Waals surface area contributed by atoms with Crippen LogP contribution in [0.4, 0.5) is 0 Å². The Balaban J connectivity index is 1.49.